The van der Waals surface area contributed by atoms with Crippen LogP contribution in [0.25, 0.3) is 0 Å². The van der Waals surface area contributed by atoms with Crippen LogP contribution in [0.4, 0.5) is 4.39 Å². The van der Waals surface area contributed by atoms with E-state index < -0.39 is 0 Å². The molecular formula is C16H25Cl2FN2. The maximum absolute atomic E-state index is 14.3. The van der Waals surface area contributed by atoms with E-state index in [1.54, 1.807) is 6.07 Å². The first-order chi connectivity index (χ1) is 9.24. The van der Waals surface area contributed by atoms with Gasteiger partial charge in [-0.25, -0.2) is 4.39 Å². The van der Waals surface area contributed by atoms with Gasteiger partial charge in [0, 0.05) is 37.8 Å². The number of nitrogens with zero attached hydrogens (tertiary/aromatic N) is 1. The van der Waals surface area contributed by atoms with E-state index in [0.717, 1.165) is 49.6 Å². The van der Waals surface area contributed by atoms with Crippen molar-refractivity contribution in [3.8, 4) is 0 Å². The highest BCUT2D eigenvalue weighted by atomic mass is 35.5. The molecule has 0 bridgehead atoms. The molecule has 1 saturated carbocycles. The van der Waals surface area contributed by atoms with Gasteiger partial charge in [0.05, 0.1) is 0 Å². The Labute approximate surface area is 139 Å². The largest absolute Gasteiger partial charge is 0.314 e. The van der Waals surface area contributed by atoms with Crippen molar-refractivity contribution in [2.75, 3.05) is 26.2 Å². The summed E-state index contributed by atoms with van der Waals surface area (Å²) in [5.74, 6) is 0.796. The van der Waals surface area contributed by atoms with Gasteiger partial charge in [-0.1, -0.05) is 25.0 Å². The number of piperazine rings is 1. The lowest BCUT2D eigenvalue weighted by atomic mass is 9.97. The quantitative estimate of drug-likeness (QED) is 0.902. The average molecular weight is 335 g/mol. The first kappa shape index (κ1) is 18.7. The summed E-state index contributed by atoms with van der Waals surface area (Å²) < 4.78 is 14.3. The number of rotatable bonds is 4. The van der Waals surface area contributed by atoms with E-state index in [4.69, 9.17) is 0 Å². The van der Waals surface area contributed by atoms with Crippen molar-refractivity contribution in [1.29, 1.82) is 0 Å². The molecule has 0 unspecified atom stereocenters. The molecule has 5 heteroatoms. The van der Waals surface area contributed by atoms with Gasteiger partial charge in [0.2, 0.25) is 0 Å². The first-order valence-electron chi connectivity index (χ1n) is 7.45. The molecule has 1 aliphatic heterocycles. The van der Waals surface area contributed by atoms with E-state index in [1.165, 1.54) is 12.8 Å². The van der Waals surface area contributed by atoms with Crippen molar-refractivity contribution < 1.29 is 4.39 Å². The van der Waals surface area contributed by atoms with Crippen LogP contribution in [-0.2, 0) is 0 Å². The maximum Gasteiger partial charge on any atom is 0.128 e. The number of halogens is 3. The highest BCUT2D eigenvalue weighted by Crippen LogP contribution is 2.40. The predicted molar refractivity (Wildman–Crippen MR) is 90.2 cm³/mol. The molecule has 120 valence electrons. The third-order valence-corrected chi connectivity index (χ3v) is 4.36. The van der Waals surface area contributed by atoms with Gasteiger partial charge in [0.25, 0.3) is 0 Å². The first-order valence-corrected chi connectivity index (χ1v) is 7.45. The van der Waals surface area contributed by atoms with Crippen LogP contribution >= 0.6 is 24.8 Å². The number of hydrogen-bond acceptors (Lipinski definition) is 2. The molecule has 1 N–H and O–H groups in total. The SMILES string of the molecule is Cc1ccc([C@H](CC2CC2)N2CCNCC2)c(F)c1.Cl.Cl. The Bertz CT molecular complexity index is 446. The van der Waals surface area contributed by atoms with Crippen molar-refractivity contribution in [2.24, 2.45) is 5.92 Å². The Morgan fingerprint density at radius 2 is 1.90 bits per heavy atom. The second-order valence-corrected chi connectivity index (χ2v) is 6.01. The summed E-state index contributed by atoms with van der Waals surface area (Å²) in [6, 6.07) is 5.99. The third kappa shape index (κ3) is 4.82. The second-order valence-electron chi connectivity index (χ2n) is 6.01. The smallest absolute Gasteiger partial charge is 0.128 e. The molecule has 0 radical (unpaired) electrons. The normalized spacial score (nSPS) is 20.3. The lowest BCUT2D eigenvalue weighted by Gasteiger charge is -2.35. The minimum atomic E-state index is -0.0239. The van der Waals surface area contributed by atoms with E-state index in [2.05, 4.69) is 10.2 Å². The number of nitrogens with one attached hydrogen (secondary N) is 1. The van der Waals surface area contributed by atoms with Gasteiger partial charge in [0.1, 0.15) is 5.82 Å². The van der Waals surface area contributed by atoms with Gasteiger partial charge in [-0.05, 0) is 30.9 Å². The zero-order valence-electron chi connectivity index (χ0n) is 12.5. The van der Waals surface area contributed by atoms with Gasteiger partial charge < -0.3 is 5.32 Å². The lowest BCUT2D eigenvalue weighted by molar-refractivity contribution is 0.157. The molecule has 2 nitrogen and oxygen atoms in total. The van der Waals surface area contributed by atoms with Crippen LogP contribution in [0.3, 0.4) is 0 Å². The van der Waals surface area contributed by atoms with Gasteiger partial charge in [-0.2, -0.15) is 0 Å². The Morgan fingerprint density at radius 1 is 1.24 bits per heavy atom. The Morgan fingerprint density at radius 3 is 2.48 bits per heavy atom. The molecule has 1 heterocycles. The van der Waals surface area contributed by atoms with Crippen molar-refractivity contribution in [3.63, 3.8) is 0 Å². The molecule has 1 atom stereocenters. The van der Waals surface area contributed by atoms with Crippen molar-refractivity contribution in [3.05, 3.63) is 35.1 Å². The number of aryl methyl sites for hydroxylation is 1. The molecule has 1 saturated heterocycles. The molecule has 1 aromatic carbocycles. The Balaban J connectivity index is 0.00000110. The molecule has 21 heavy (non-hydrogen) atoms. The molecule has 0 aromatic heterocycles. The molecule has 1 aliphatic carbocycles. The summed E-state index contributed by atoms with van der Waals surface area (Å²) in [6.45, 7) is 6.06. The molecule has 2 aliphatic rings. The van der Waals surface area contributed by atoms with Crippen molar-refractivity contribution in [1.82, 2.24) is 10.2 Å². The van der Waals surface area contributed by atoms with Crippen LogP contribution in [0.2, 0.25) is 0 Å². The summed E-state index contributed by atoms with van der Waals surface area (Å²) in [5.41, 5.74) is 1.91. The van der Waals surface area contributed by atoms with Crippen LogP contribution in [0.15, 0.2) is 18.2 Å². The second kappa shape index (κ2) is 8.33. The highest BCUT2D eigenvalue weighted by Gasteiger charge is 2.31. The summed E-state index contributed by atoms with van der Waals surface area (Å²) in [5, 5.41) is 3.38. The van der Waals surface area contributed by atoms with Crippen LogP contribution in [0, 0.1) is 18.7 Å². The molecular weight excluding hydrogens is 310 g/mol. The molecule has 0 spiro atoms. The standard InChI is InChI=1S/C16H23FN2.2ClH/c1-12-2-5-14(15(17)10-12)16(11-13-3-4-13)19-8-6-18-7-9-19;;/h2,5,10,13,16,18H,3-4,6-9,11H2,1H3;2*1H/t16-;;/m0../s1. The summed E-state index contributed by atoms with van der Waals surface area (Å²) in [6.07, 6.45) is 3.78. The number of benzene rings is 1. The third-order valence-electron chi connectivity index (χ3n) is 4.36. The summed E-state index contributed by atoms with van der Waals surface area (Å²) in [7, 11) is 0. The predicted octanol–water partition coefficient (Wildman–Crippen LogP) is 3.72. The van der Waals surface area contributed by atoms with E-state index in [-0.39, 0.29) is 36.7 Å². The van der Waals surface area contributed by atoms with Gasteiger partial charge in [0.15, 0.2) is 0 Å². The molecule has 2 fully saturated rings. The Hall–Kier alpha value is -0.350. The van der Waals surface area contributed by atoms with Gasteiger partial charge in [-0.3, -0.25) is 4.90 Å². The topological polar surface area (TPSA) is 15.3 Å². The number of hydrogen-bond donors (Lipinski definition) is 1. The molecule has 3 rings (SSSR count). The zero-order valence-corrected chi connectivity index (χ0v) is 14.1. The van der Waals surface area contributed by atoms with Crippen LogP contribution < -0.4 is 5.32 Å². The van der Waals surface area contributed by atoms with Crippen LogP contribution in [0.5, 0.6) is 0 Å². The monoisotopic (exact) mass is 334 g/mol. The van der Waals surface area contributed by atoms with Crippen molar-refractivity contribution in [2.45, 2.75) is 32.2 Å². The lowest BCUT2D eigenvalue weighted by Crippen LogP contribution is -2.45. The highest BCUT2D eigenvalue weighted by molar-refractivity contribution is 5.85. The van der Waals surface area contributed by atoms with Crippen molar-refractivity contribution >= 4 is 24.8 Å². The maximum atomic E-state index is 14.3. The fraction of sp³-hybridized carbons (Fsp3) is 0.625. The minimum absolute atomic E-state index is 0. The average Bonchev–Trinajstić information content (AvgIpc) is 3.22. The van der Waals surface area contributed by atoms with E-state index >= 15 is 0 Å². The van der Waals surface area contributed by atoms with Gasteiger partial charge in [-0.15, -0.1) is 24.8 Å². The minimum Gasteiger partial charge on any atom is -0.314 e. The van der Waals surface area contributed by atoms with Crippen LogP contribution in [0.1, 0.15) is 36.4 Å². The fourth-order valence-corrected chi connectivity index (χ4v) is 3.04. The van der Waals surface area contributed by atoms with E-state index in [0.29, 0.717) is 0 Å². The Kier molecular flexibility index (Phi) is 7.41. The zero-order chi connectivity index (χ0) is 13.2. The fourth-order valence-electron chi connectivity index (χ4n) is 3.04. The van der Waals surface area contributed by atoms with E-state index in [1.807, 2.05) is 19.1 Å². The molecule has 0 amide bonds. The summed E-state index contributed by atoms with van der Waals surface area (Å²) >= 11 is 0. The van der Waals surface area contributed by atoms with E-state index in [9.17, 15) is 4.39 Å². The van der Waals surface area contributed by atoms with Crippen LogP contribution in [-0.4, -0.2) is 31.1 Å². The van der Waals surface area contributed by atoms with Gasteiger partial charge >= 0.3 is 0 Å². The molecule has 1 aromatic rings. The summed E-state index contributed by atoms with van der Waals surface area (Å²) in [4.78, 5) is 2.46.